The maximum Gasteiger partial charge on any atom is 0.103 e. The molecule has 110 valence electrons. The van der Waals surface area contributed by atoms with E-state index in [9.17, 15) is 5.26 Å². The van der Waals surface area contributed by atoms with Crippen molar-refractivity contribution in [2.45, 2.75) is 37.6 Å². The van der Waals surface area contributed by atoms with Gasteiger partial charge in [0.2, 0.25) is 0 Å². The molecule has 0 fully saturated rings. The van der Waals surface area contributed by atoms with E-state index < -0.39 is 0 Å². The first-order chi connectivity index (χ1) is 9.73. The number of ether oxygens (including phenoxy) is 1. The topological polar surface area (TPSA) is 36.3 Å². The van der Waals surface area contributed by atoms with Gasteiger partial charge in [0.05, 0.1) is 17.9 Å². The first-order valence-corrected chi connectivity index (χ1v) is 8.28. The number of thioether (sulfide) groups is 1. The van der Waals surface area contributed by atoms with Gasteiger partial charge in [-0.15, -0.1) is 11.8 Å². The minimum Gasteiger partial charge on any atom is -0.383 e. The van der Waals surface area contributed by atoms with Gasteiger partial charge in [-0.2, -0.15) is 5.26 Å². The molecule has 0 unspecified atom stereocenters. The van der Waals surface area contributed by atoms with Crippen LogP contribution in [0.5, 0.6) is 0 Å². The molecule has 0 bridgehead atoms. The van der Waals surface area contributed by atoms with E-state index in [1.54, 1.807) is 18.9 Å². The summed E-state index contributed by atoms with van der Waals surface area (Å²) in [6.07, 6.45) is 4.14. The molecule has 0 atom stereocenters. The normalized spacial score (nSPS) is 10.6. The third kappa shape index (κ3) is 3.91. The third-order valence-electron chi connectivity index (χ3n) is 3.56. The second-order valence-electron chi connectivity index (χ2n) is 4.62. The molecule has 0 aliphatic heterocycles. The molecule has 1 aromatic carbocycles. The zero-order chi connectivity index (χ0) is 15.0. The number of methoxy groups -OCH3 is 1. The van der Waals surface area contributed by atoms with Crippen LogP contribution in [-0.2, 0) is 4.74 Å². The minimum absolute atomic E-state index is 0.439. The van der Waals surface area contributed by atoms with Crippen molar-refractivity contribution in [3.8, 4) is 6.07 Å². The molecule has 3 nitrogen and oxygen atoms in total. The van der Waals surface area contributed by atoms with Crippen LogP contribution in [0.4, 0.5) is 5.69 Å². The van der Waals surface area contributed by atoms with Gasteiger partial charge in [-0.25, -0.2) is 0 Å². The van der Waals surface area contributed by atoms with Crippen molar-refractivity contribution in [3.05, 3.63) is 23.8 Å². The van der Waals surface area contributed by atoms with Crippen molar-refractivity contribution in [3.63, 3.8) is 0 Å². The molecule has 1 aromatic rings. The van der Waals surface area contributed by atoms with E-state index in [1.807, 2.05) is 24.5 Å². The van der Waals surface area contributed by atoms with Crippen molar-refractivity contribution in [1.82, 2.24) is 0 Å². The van der Waals surface area contributed by atoms with Gasteiger partial charge in [-0.05, 0) is 31.2 Å². The average Bonchev–Trinajstić information content (AvgIpc) is 2.50. The van der Waals surface area contributed by atoms with Gasteiger partial charge < -0.3 is 9.64 Å². The molecular weight excluding hydrogens is 268 g/mol. The second kappa shape index (κ2) is 8.89. The van der Waals surface area contributed by atoms with Crippen LogP contribution >= 0.6 is 11.8 Å². The van der Waals surface area contributed by atoms with Gasteiger partial charge in [-0.3, -0.25) is 0 Å². The van der Waals surface area contributed by atoms with E-state index in [0.29, 0.717) is 12.6 Å². The standard InChI is InChI=1S/C16H24N2OS/c1-5-13(6-2)18(10-11-19-3)15-8-7-9-16(20-4)14(15)12-17/h7-9,13H,5-6,10-11H2,1-4H3. The fraction of sp³-hybridized carbons (Fsp3) is 0.562. The van der Waals surface area contributed by atoms with Crippen LogP contribution in [0.2, 0.25) is 0 Å². The summed E-state index contributed by atoms with van der Waals surface area (Å²) in [5.74, 6) is 0. The Kier molecular flexibility index (Phi) is 7.50. The highest BCUT2D eigenvalue weighted by atomic mass is 32.2. The van der Waals surface area contributed by atoms with Crippen molar-refractivity contribution in [2.24, 2.45) is 0 Å². The molecule has 0 heterocycles. The van der Waals surface area contributed by atoms with Crippen LogP contribution in [0.1, 0.15) is 32.3 Å². The highest BCUT2D eigenvalue weighted by molar-refractivity contribution is 7.98. The zero-order valence-corrected chi connectivity index (χ0v) is 13.7. The average molecular weight is 292 g/mol. The molecule has 0 spiro atoms. The minimum atomic E-state index is 0.439. The molecule has 0 N–H and O–H groups in total. The smallest absolute Gasteiger partial charge is 0.103 e. The molecule has 0 aliphatic carbocycles. The van der Waals surface area contributed by atoms with Crippen LogP contribution in [-0.4, -0.2) is 32.6 Å². The summed E-state index contributed by atoms with van der Waals surface area (Å²) in [5.41, 5.74) is 1.81. The number of nitriles is 1. The summed E-state index contributed by atoms with van der Waals surface area (Å²) in [6.45, 7) is 5.87. The highest BCUT2D eigenvalue weighted by Crippen LogP contribution is 2.31. The van der Waals surface area contributed by atoms with Gasteiger partial charge in [0.1, 0.15) is 6.07 Å². The molecule has 20 heavy (non-hydrogen) atoms. The van der Waals surface area contributed by atoms with E-state index in [1.165, 1.54) is 0 Å². The van der Waals surface area contributed by atoms with Crippen molar-refractivity contribution >= 4 is 17.4 Å². The fourth-order valence-electron chi connectivity index (χ4n) is 2.46. The summed E-state index contributed by atoms with van der Waals surface area (Å²) in [6, 6.07) is 8.90. The van der Waals surface area contributed by atoms with Gasteiger partial charge in [0, 0.05) is 24.6 Å². The molecule has 0 radical (unpaired) electrons. The summed E-state index contributed by atoms with van der Waals surface area (Å²) >= 11 is 1.62. The molecule has 0 amide bonds. The summed E-state index contributed by atoms with van der Waals surface area (Å²) in [7, 11) is 1.72. The van der Waals surface area contributed by atoms with E-state index in [-0.39, 0.29) is 0 Å². The van der Waals surface area contributed by atoms with Crippen molar-refractivity contribution in [2.75, 3.05) is 31.4 Å². The number of benzene rings is 1. The highest BCUT2D eigenvalue weighted by Gasteiger charge is 2.19. The Hall–Kier alpha value is -1.18. The molecule has 0 saturated heterocycles. The first kappa shape index (κ1) is 16.9. The third-order valence-corrected chi connectivity index (χ3v) is 4.34. The maximum absolute atomic E-state index is 9.51. The lowest BCUT2D eigenvalue weighted by Crippen LogP contribution is -2.37. The van der Waals surface area contributed by atoms with Crippen LogP contribution in [0.15, 0.2) is 23.1 Å². The van der Waals surface area contributed by atoms with Gasteiger partial charge in [-0.1, -0.05) is 19.9 Å². The lowest BCUT2D eigenvalue weighted by Gasteiger charge is -2.33. The van der Waals surface area contributed by atoms with Crippen LogP contribution in [0.3, 0.4) is 0 Å². The van der Waals surface area contributed by atoms with Gasteiger partial charge >= 0.3 is 0 Å². The molecule has 4 heteroatoms. The second-order valence-corrected chi connectivity index (χ2v) is 5.47. The number of hydrogen-bond donors (Lipinski definition) is 0. The van der Waals surface area contributed by atoms with Gasteiger partial charge in [0.25, 0.3) is 0 Å². The van der Waals surface area contributed by atoms with Crippen LogP contribution in [0, 0.1) is 11.3 Å². The number of rotatable bonds is 8. The van der Waals surface area contributed by atoms with E-state index in [0.717, 1.165) is 35.5 Å². The van der Waals surface area contributed by atoms with Gasteiger partial charge in [0.15, 0.2) is 0 Å². The Labute approximate surface area is 126 Å². The Bertz CT molecular complexity index is 452. The number of hydrogen-bond acceptors (Lipinski definition) is 4. The largest absolute Gasteiger partial charge is 0.383 e. The SMILES string of the molecule is CCC(CC)N(CCOC)c1cccc(SC)c1C#N. The Balaban J connectivity index is 3.22. The van der Waals surface area contributed by atoms with E-state index in [4.69, 9.17) is 4.74 Å². The molecule has 0 aliphatic rings. The zero-order valence-electron chi connectivity index (χ0n) is 12.8. The number of nitrogens with zero attached hydrogens (tertiary/aromatic N) is 2. The molecule has 0 saturated carbocycles. The Morgan fingerprint density at radius 1 is 1.35 bits per heavy atom. The van der Waals surface area contributed by atoms with Crippen LogP contribution in [0.25, 0.3) is 0 Å². The summed E-state index contributed by atoms with van der Waals surface area (Å²) < 4.78 is 5.23. The predicted octanol–water partition coefficient (Wildman–Crippen LogP) is 3.92. The van der Waals surface area contributed by atoms with E-state index >= 15 is 0 Å². The number of anilines is 1. The molecule has 0 aromatic heterocycles. The predicted molar refractivity (Wildman–Crippen MR) is 86.5 cm³/mol. The van der Waals surface area contributed by atoms with E-state index in [2.05, 4.69) is 24.8 Å². The lowest BCUT2D eigenvalue weighted by molar-refractivity contribution is 0.202. The lowest BCUT2D eigenvalue weighted by atomic mass is 10.1. The molecular formula is C16H24N2OS. The van der Waals surface area contributed by atoms with Crippen molar-refractivity contribution < 1.29 is 4.74 Å². The Morgan fingerprint density at radius 2 is 2.05 bits per heavy atom. The fourth-order valence-corrected chi connectivity index (χ4v) is 3.03. The van der Waals surface area contributed by atoms with Crippen molar-refractivity contribution in [1.29, 1.82) is 5.26 Å². The quantitative estimate of drug-likeness (QED) is 0.680. The maximum atomic E-state index is 9.51. The first-order valence-electron chi connectivity index (χ1n) is 7.06. The Morgan fingerprint density at radius 3 is 2.55 bits per heavy atom. The molecule has 1 rings (SSSR count). The summed E-state index contributed by atoms with van der Waals surface area (Å²) in [4.78, 5) is 3.36. The summed E-state index contributed by atoms with van der Waals surface area (Å²) in [5, 5.41) is 9.51. The van der Waals surface area contributed by atoms with Crippen LogP contribution < -0.4 is 4.90 Å². The monoisotopic (exact) mass is 292 g/mol.